The molecule has 1 rings (SSSR count). The molecule has 3 N–H and O–H groups in total. The van der Waals surface area contributed by atoms with Gasteiger partial charge in [-0.15, -0.1) is 0 Å². The zero-order valence-corrected chi connectivity index (χ0v) is 9.06. The van der Waals surface area contributed by atoms with Crippen molar-refractivity contribution in [1.82, 2.24) is 0 Å². The van der Waals surface area contributed by atoms with Crippen LogP contribution in [0.5, 0.6) is 11.5 Å². The molecule has 0 amide bonds. The van der Waals surface area contributed by atoms with Crippen molar-refractivity contribution in [2.45, 2.75) is 20.0 Å². The molecule has 0 spiro atoms. The highest BCUT2D eigenvalue weighted by molar-refractivity contribution is 5.50. The van der Waals surface area contributed by atoms with E-state index in [2.05, 4.69) is 0 Å². The third-order valence-electron chi connectivity index (χ3n) is 1.63. The van der Waals surface area contributed by atoms with Crippen LogP contribution in [0, 0.1) is 0 Å². The standard InChI is InChI=1S/C11H17NO3/c1-8(2)15-11-6-9(12)5-10(7-11)14-4-3-13/h5-8,13H,3-4,12H2,1-2H3. The minimum atomic E-state index is -0.0187. The summed E-state index contributed by atoms with van der Waals surface area (Å²) in [7, 11) is 0. The predicted molar refractivity (Wildman–Crippen MR) is 59.2 cm³/mol. The lowest BCUT2D eigenvalue weighted by atomic mass is 10.3. The second-order valence-corrected chi connectivity index (χ2v) is 3.48. The average molecular weight is 211 g/mol. The van der Waals surface area contributed by atoms with Crippen LogP contribution in [0.4, 0.5) is 5.69 Å². The molecule has 84 valence electrons. The van der Waals surface area contributed by atoms with Crippen LogP contribution in [0.2, 0.25) is 0 Å². The van der Waals surface area contributed by atoms with Gasteiger partial charge in [0.1, 0.15) is 18.1 Å². The highest BCUT2D eigenvalue weighted by atomic mass is 16.5. The molecule has 0 fully saturated rings. The monoisotopic (exact) mass is 211 g/mol. The summed E-state index contributed by atoms with van der Waals surface area (Å²) in [6.45, 7) is 4.12. The quantitative estimate of drug-likeness (QED) is 0.723. The van der Waals surface area contributed by atoms with E-state index in [0.717, 1.165) is 0 Å². The lowest BCUT2D eigenvalue weighted by molar-refractivity contribution is 0.199. The van der Waals surface area contributed by atoms with Gasteiger partial charge in [0.15, 0.2) is 0 Å². The van der Waals surface area contributed by atoms with Crippen LogP contribution in [0.3, 0.4) is 0 Å². The molecule has 4 nitrogen and oxygen atoms in total. The maximum atomic E-state index is 8.62. The van der Waals surface area contributed by atoms with Crippen molar-refractivity contribution in [1.29, 1.82) is 0 Å². The first-order valence-electron chi connectivity index (χ1n) is 4.92. The van der Waals surface area contributed by atoms with E-state index < -0.39 is 0 Å². The molecule has 0 aromatic heterocycles. The number of hydrogen-bond acceptors (Lipinski definition) is 4. The fourth-order valence-electron chi connectivity index (χ4n) is 1.18. The van der Waals surface area contributed by atoms with E-state index in [1.807, 2.05) is 13.8 Å². The molecular formula is C11H17NO3. The second-order valence-electron chi connectivity index (χ2n) is 3.48. The summed E-state index contributed by atoms with van der Waals surface area (Å²) < 4.78 is 10.7. The number of nitrogens with two attached hydrogens (primary N) is 1. The Hall–Kier alpha value is -1.42. The van der Waals surface area contributed by atoms with Gasteiger partial charge in [-0.1, -0.05) is 0 Å². The van der Waals surface area contributed by atoms with E-state index in [1.54, 1.807) is 18.2 Å². The number of anilines is 1. The van der Waals surface area contributed by atoms with Crippen molar-refractivity contribution in [2.24, 2.45) is 0 Å². The minimum absolute atomic E-state index is 0.0187. The Kier molecular flexibility index (Phi) is 4.24. The number of hydrogen-bond donors (Lipinski definition) is 2. The first-order valence-corrected chi connectivity index (χ1v) is 4.92. The third-order valence-corrected chi connectivity index (χ3v) is 1.63. The van der Waals surface area contributed by atoms with Crippen LogP contribution in [0.1, 0.15) is 13.8 Å². The van der Waals surface area contributed by atoms with Gasteiger partial charge in [0.2, 0.25) is 0 Å². The molecular weight excluding hydrogens is 194 g/mol. The normalized spacial score (nSPS) is 10.4. The Labute approximate surface area is 89.6 Å². The van der Waals surface area contributed by atoms with Crippen LogP contribution in [-0.2, 0) is 0 Å². The summed E-state index contributed by atoms with van der Waals surface area (Å²) in [5.41, 5.74) is 6.27. The van der Waals surface area contributed by atoms with Gasteiger partial charge in [-0.25, -0.2) is 0 Å². The minimum Gasteiger partial charge on any atom is -0.491 e. The number of benzene rings is 1. The lowest BCUT2D eigenvalue weighted by Crippen LogP contribution is -2.07. The van der Waals surface area contributed by atoms with Gasteiger partial charge in [0.05, 0.1) is 12.7 Å². The van der Waals surface area contributed by atoms with Crippen LogP contribution < -0.4 is 15.2 Å². The molecule has 0 saturated carbocycles. The highest BCUT2D eigenvalue weighted by Crippen LogP contribution is 2.25. The average Bonchev–Trinajstić information content (AvgIpc) is 2.12. The lowest BCUT2D eigenvalue weighted by Gasteiger charge is -2.12. The van der Waals surface area contributed by atoms with Crippen molar-refractivity contribution in [3.8, 4) is 11.5 Å². The van der Waals surface area contributed by atoms with E-state index in [-0.39, 0.29) is 19.3 Å². The van der Waals surface area contributed by atoms with Gasteiger partial charge >= 0.3 is 0 Å². The Balaban J connectivity index is 2.75. The summed E-state index contributed by atoms with van der Waals surface area (Å²) in [5, 5.41) is 8.62. The number of aliphatic hydroxyl groups is 1. The van der Waals surface area contributed by atoms with Crippen LogP contribution in [0.25, 0.3) is 0 Å². The van der Waals surface area contributed by atoms with E-state index in [9.17, 15) is 0 Å². The summed E-state index contributed by atoms with van der Waals surface area (Å²) in [6.07, 6.45) is 0.0949. The first kappa shape index (κ1) is 11.7. The molecule has 0 saturated heterocycles. The van der Waals surface area contributed by atoms with Gasteiger partial charge in [-0.05, 0) is 13.8 Å². The molecule has 0 unspecified atom stereocenters. The molecule has 0 bridgehead atoms. The largest absolute Gasteiger partial charge is 0.491 e. The number of rotatable bonds is 5. The number of aliphatic hydroxyl groups excluding tert-OH is 1. The van der Waals surface area contributed by atoms with E-state index >= 15 is 0 Å². The highest BCUT2D eigenvalue weighted by Gasteiger charge is 2.02. The number of nitrogen functional groups attached to an aromatic ring is 1. The molecule has 1 aromatic carbocycles. The fourth-order valence-corrected chi connectivity index (χ4v) is 1.18. The van der Waals surface area contributed by atoms with Gasteiger partial charge in [0.25, 0.3) is 0 Å². The van der Waals surface area contributed by atoms with E-state index in [0.29, 0.717) is 17.2 Å². The van der Waals surface area contributed by atoms with Crippen molar-refractivity contribution in [3.63, 3.8) is 0 Å². The predicted octanol–water partition coefficient (Wildman–Crippen LogP) is 1.43. The molecule has 0 aliphatic heterocycles. The molecule has 0 atom stereocenters. The van der Waals surface area contributed by atoms with Gasteiger partial charge < -0.3 is 20.3 Å². The third kappa shape index (κ3) is 4.08. The summed E-state index contributed by atoms with van der Waals surface area (Å²) in [5.74, 6) is 1.29. The molecule has 0 heterocycles. The zero-order valence-electron chi connectivity index (χ0n) is 9.06. The first-order chi connectivity index (χ1) is 7.11. The van der Waals surface area contributed by atoms with Crippen molar-refractivity contribution >= 4 is 5.69 Å². The molecule has 0 radical (unpaired) electrons. The summed E-state index contributed by atoms with van der Waals surface area (Å²) in [4.78, 5) is 0. The van der Waals surface area contributed by atoms with Crippen molar-refractivity contribution in [3.05, 3.63) is 18.2 Å². The molecule has 0 aliphatic rings. The van der Waals surface area contributed by atoms with Gasteiger partial charge in [-0.3, -0.25) is 0 Å². The zero-order chi connectivity index (χ0) is 11.3. The smallest absolute Gasteiger partial charge is 0.125 e. The molecule has 0 aliphatic carbocycles. The van der Waals surface area contributed by atoms with E-state index in [1.165, 1.54) is 0 Å². The van der Waals surface area contributed by atoms with E-state index in [4.69, 9.17) is 20.3 Å². The maximum Gasteiger partial charge on any atom is 0.125 e. The topological polar surface area (TPSA) is 64.7 Å². The SMILES string of the molecule is CC(C)Oc1cc(N)cc(OCCO)c1. The Bertz CT molecular complexity index is 313. The molecule has 4 heteroatoms. The van der Waals surface area contributed by atoms with Crippen LogP contribution >= 0.6 is 0 Å². The Morgan fingerprint density at radius 3 is 2.53 bits per heavy atom. The van der Waals surface area contributed by atoms with Crippen molar-refractivity contribution in [2.75, 3.05) is 18.9 Å². The number of ether oxygens (including phenoxy) is 2. The Morgan fingerprint density at radius 1 is 1.27 bits per heavy atom. The Morgan fingerprint density at radius 2 is 1.93 bits per heavy atom. The van der Waals surface area contributed by atoms with Crippen LogP contribution in [0.15, 0.2) is 18.2 Å². The van der Waals surface area contributed by atoms with Gasteiger partial charge in [-0.2, -0.15) is 0 Å². The maximum absolute atomic E-state index is 8.62. The second kappa shape index (κ2) is 5.46. The van der Waals surface area contributed by atoms with Gasteiger partial charge in [0, 0.05) is 23.9 Å². The summed E-state index contributed by atoms with van der Waals surface area (Å²) >= 11 is 0. The fraction of sp³-hybridized carbons (Fsp3) is 0.455. The van der Waals surface area contributed by atoms with Crippen LogP contribution in [-0.4, -0.2) is 24.4 Å². The van der Waals surface area contributed by atoms with Crippen molar-refractivity contribution < 1.29 is 14.6 Å². The summed E-state index contributed by atoms with van der Waals surface area (Å²) in [6, 6.07) is 5.20. The molecule has 1 aromatic rings. The molecule has 15 heavy (non-hydrogen) atoms.